The van der Waals surface area contributed by atoms with Gasteiger partial charge in [-0.3, -0.25) is 19.6 Å². The van der Waals surface area contributed by atoms with E-state index in [0.29, 0.717) is 17.8 Å². The first-order valence-corrected chi connectivity index (χ1v) is 8.73. The first kappa shape index (κ1) is 17.3. The number of amides is 1. The van der Waals surface area contributed by atoms with Gasteiger partial charge in [-0.2, -0.15) is 5.10 Å². The lowest BCUT2D eigenvalue weighted by atomic mass is 10.1. The van der Waals surface area contributed by atoms with Crippen molar-refractivity contribution in [2.45, 2.75) is 18.5 Å². The number of carboxylic acid groups (broad SMARTS) is 1. The second kappa shape index (κ2) is 6.88. The second-order valence-electron chi connectivity index (χ2n) is 6.86. The maximum atomic E-state index is 12.9. The minimum Gasteiger partial charge on any atom is -0.483 e. The van der Waals surface area contributed by atoms with Crippen molar-refractivity contribution in [3.8, 4) is 11.3 Å². The van der Waals surface area contributed by atoms with Crippen LogP contribution in [-0.2, 0) is 4.79 Å². The molecule has 1 amide bonds. The van der Waals surface area contributed by atoms with Gasteiger partial charge in [0.05, 0.1) is 11.8 Å². The third-order valence-electron chi connectivity index (χ3n) is 5.35. The van der Waals surface area contributed by atoms with Gasteiger partial charge in [0.1, 0.15) is 5.76 Å². The molecule has 0 aliphatic carbocycles. The summed E-state index contributed by atoms with van der Waals surface area (Å²) in [4.78, 5) is 25.6. The molecule has 2 aliphatic rings. The van der Waals surface area contributed by atoms with E-state index >= 15 is 0 Å². The van der Waals surface area contributed by atoms with E-state index in [1.54, 1.807) is 6.26 Å². The van der Waals surface area contributed by atoms with Gasteiger partial charge in [0, 0.05) is 36.1 Å². The SMILES string of the molecule is CN1C[C@@H]2C[C@H]1CN2C(=O)c1n[nH]c2cc(-c3ccco3)ccc12.O=CO. The fraction of sp³-hybridized carbons (Fsp3) is 0.316. The number of furan rings is 1. The van der Waals surface area contributed by atoms with E-state index in [1.807, 2.05) is 35.2 Å². The number of benzene rings is 1. The second-order valence-corrected chi connectivity index (χ2v) is 6.86. The molecule has 4 heterocycles. The minimum atomic E-state index is -0.250. The normalized spacial score (nSPS) is 21.3. The Morgan fingerprint density at radius 1 is 1.33 bits per heavy atom. The third kappa shape index (κ3) is 2.97. The summed E-state index contributed by atoms with van der Waals surface area (Å²) in [5.41, 5.74) is 2.34. The first-order chi connectivity index (χ1) is 13.1. The molecule has 8 nitrogen and oxygen atoms in total. The number of nitrogens with zero attached hydrogens (tertiary/aromatic N) is 3. The van der Waals surface area contributed by atoms with Crippen molar-refractivity contribution < 1.29 is 19.1 Å². The Bertz CT molecular complexity index is 963. The van der Waals surface area contributed by atoms with Crippen molar-refractivity contribution >= 4 is 23.3 Å². The van der Waals surface area contributed by atoms with Crippen LogP contribution in [0, 0.1) is 0 Å². The number of rotatable bonds is 2. The summed E-state index contributed by atoms with van der Waals surface area (Å²) in [6.07, 6.45) is 2.73. The molecule has 2 bridgehead atoms. The molecule has 0 spiro atoms. The number of H-pyrrole nitrogens is 1. The molecule has 3 aromatic rings. The van der Waals surface area contributed by atoms with Crippen molar-refractivity contribution in [2.24, 2.45) is 0 Å². The molecule has 2 fully saturated rings. The van der Waals surface area contributed by atoms with Gasteiger partial charge in [-0.25, -0.2) is 0 Å². The molecule has 8 heteroatoms. The number of aromatic nitrogens is 2. The predicted octanol–water partition coefficient (Wildman–Crippen LogP) is 2.05. The summed E-state index contributed by atoms with van der Waals surface area (Å²) in [6.45, 7) is 1.51. The molecule has 2 aliphatic heterocycles. The van der Waals surface area contributed by atoms with Gasteiger partial charge >= 0.3 is 0 Å². The summed E-state index contributed by atoms with van der Waals surface area (Å²) >= 11 is 0. The van der Waals surface area contributed by atoms with Gasteiger partial charge in [0.25, 0.3) is 12.4 Å². The highest BCUT2D eigenvalue weighted by Crippen LogP contribution is 2.32. The number of aromatic amines is 1. The molecule has 2 N–H and O–H groups in total. The van der Waals surface area contributed by atoms with E-state index in [9.17, 15) is 4.79 Å². The third-order valence-corrected chi connectivity index (χ3v) is 5.35. The van der Waals surface area contributed by atoms with Crippen molar-refractivity contribution in [3.05, 3.63) is 42.3 Å². The number of likely N-dealkylation sites (N-methyl/N-ethyl adjacent to an activating group) is 1. The molecule has 2 aromatic heterocycles. The smallest absolute Gasteiger partial charge is 0.290 e. The lowest BCUT2D eigenvalue weighted by Gasteiger charge is -2.31. The number of fused-ring (bicyclic) bond motifs is 3. The zero-order chi connectivity index (χ0) is 19.0. The minimum absolute atomic E-state index is 0.0348. The molecule has 0 unspecified atom stereocenters. The summed E-state index contributed by atoms with van der Waals surface area (Å²) < 4.78 is 5.43. The average Bonchev–Trinajstić information content (AvgIpc) is 3.43. The number of nitrogens with one attached hydrogen (secondary N) is 1. The number of hydrogen-bond donors (Lipinski definition) is 2. The van der Waals surface area contributed by atoms with Crippen LogP contribution in [0.2, 0.25) is 0 Å². The topological polar surface area (TPSA) is 103 Å². The van der Waals surface area contributed by atoms with Crippen molar-refractivity contribution in [3.63, 3.8) is 0 Å². The Labute approximate surface area is 155 Å². The largest absolute Gasteiger partial charge is 0.483 e. The Balaban J connectivity index is 0.000000565. The Hall–Kier alpha value is -3.13. The maximum Gasteiger partial charge on any atom is 0.290 e. The molecular weight excluding hydrogens is 348 g/mol. The van der Waals surface area contributed by atoms with Gasteiger partial charge in [0.2, 0.25) is 0 Å². The number of carbonyl (C=O) groups is 2. The van der Waals surface area contributed by atoms with Gasteiger partial charge in [0.15, 0.2) is 5.69 Å². The number of piperazine rings is 1. The van der Waals surface area contributed by atoms with Crippen LogP contribution in [0.5, 0.6) is 0 Å². The van der Waals surface area contributed by atoms with Crippen LogP contribution in [0.15, 0.2) is 41.0 Å². The molecule has 2 atom stereocenters. The van der Waals surface area contributed by atoms with Gasteiger partial charge in [-0.15, -0.1) is 0 Å². The summed E-state index contributed by atoms with van der Waals surface area (Å²) in [7, 11) is 2.13. The Kier molecular flexibility index (Phi) is 4.41. The maximum absolute atomic E-state index is 12.9. The van der Waals surface area contributed by atoms with E-state index in [0.717, 1.165) is 41.7 Å². The average molecular weight is 368 g/mol. The van der Waals surface area contributed by atoms with Crippen LogP contribution in [0.3, 0.4) is 0 Å². The molecule has 1 aromatic carbocycles. The summed E-state index contributed by atoms with van der Waals surface area (Å²) in [5, 5.41) is 15.1. The van der Waals surface area contributed by atoms with Crippen LogP contribution in [0.1, 0.15) is 16.9 Å². The van der Waals surface area contributed by atoms with Crippen LogP contribution in [-0.4, -0.2) is 69.7 Å². The van der Waals surface area contributed by atoms with Gasteiger partial charge < -0.3 is 14.4 Å². The molecule has 27 heavy (non-hydrogen) atoms. The van der Waals surface area contributed by atoms with E-state index in [4.69, 9.17) is 14.3 Å². The quantitative estimate of drug-likeness (QED) is 0.671. The predicted molar refractivity (Wildman–Crippen MR) is 98.3 cm³/mol. The van der Waals surface area contributed by atoms with Crippen molar-refractivity contribution in [1.29, 1.82) is 0 Å². The van der Waals surface area contributed by atoms with Gasteiger partial charge in [-0.1, -0.05) is 6.07 Å². The van der Waals surface area contributed by atoms with Crippen LogP contribution >= 0.6 is 0 Å². The first-order valence-electron chi connectivity index (χ1n) is 8.73. The highest BCUT2D eigenvalue weighted by atomic mass is 16.3. The van der Waals surface area contributed by atoms with Crippen molar-refractivity contribution in [2.75, 3.05) is 20.1 Å². The van der Waals surface area contributed by atoms with E-state index < -0.39 is 0 Å². The lowest BCUT2D eigenvalue weighted by Crippen LogP contribution is -2.47. The molecule has 0 saturated carbocycles. The molecule has 5 rings (SSSR count). The highest BCUT2D eigenvalue weighted by Gasteiger charge is 2.44. The fourth-order valence-corrected chi connectivity index (χ4v) is 4.03. The summed E-state index contributed by atoms with van der Waals surface area (Å²) in [5.74, 6) is 0.840. The lowest BCUT2D eigenvalue weighted by molar-refractivity contribution is -0.122. The Morgan fingerprint density at radius 3 is 2.78 bits per heavy atom. The zero-order valence-electron chi connectivity index (χ0n) is 14.8. The van der Waals surface area contributed by atoms with Crippen LogP contribution in [0.25, 0.3) is 22.2 Å². The molecular formula is C19H20N4O4. The van der Waals surface area contributed by atoms with E-state index in [2.05, 4.69) is 22.1 Å². The van der Waals surface area contributed by atoms with E-state index in [-0.39, 0.29) is 12.4 Å². The van der Waals surface area contributed by atoms with Crippen molar-refractivity contribution in [1.82, 2.24) is 20.0 Å². The molecule has 2 saturated heterocycles. The monoisotopic (exact) mass is 368 g/mol. The van der Waals surface area contributed by atoms with E-state index in [1.165, 1.54) is 0 Å². The highest BCUT2D eigenvalue weighted by molar-refractivity contribution is 6.05. The summed E-state index contributed by atoms with van der Waals surface area (Å²) in [6, 6.07) is 10.5. The molecule has 140 valence electrons. The molecule has 0 radical (unpaired) electrons. The Morgan fingerprint density at radius 2 is 2.15 bits per heavy atom. The van der Waals surface area contributed by atoms with Crippen LogP contribution in [0.4, 0.5) is 0 Å². The fourth-order valence-electron chi connectivity index (χ4n) is 4.03. The number of hydrogen-bond acceptors (Lipinski definition) is 5. The number of carbonyl (C=O) groups excluding carboxylic acids is 1. The standard InChI is InChI=1S/C18H18N4O2.CH2O2/c1-21-9-13-8-12(21)10-22(13)18(23)17-14-5-4-11(7-15(14)19-20-17)16-3-2-6-24-16;2-1-3/h2-7,12-13H,8-10H2,1H3,(H,19,20);1H,(H,2,3)/t12-,13-;/m0./s1. The number of likely N-dealkylation sites (tertiary alicyclic amines) is 2. The van der Waals surface area contributed by atoms with Crippen LogP contribution < -0.4 is 0 Å². The van der Waals surface area contributed by atoms with Gasteiger partial charge in [-0.05, 0) is 37.7 Å². The zero-order valence-corrected chi connectivity index (χ0v) is 14.8.